The van der Waals surface area contributed by atoms with Gasteiger partial charge in [0.05, 0.1) is 24.5 Å². The molecule has 5 rings (SSSR count). The number of sulfonamides is 1. The molecule has 0 bridgehead atoms. The third-order valence-corrected chi connectivity index (χ3v) is 8.49. The summed E-state index contributed by atoms with van der Waals surface area (Å²) in [6, 6.07) is 31.2. The second-order valence-corrected chi connectivity index (χ2v) is 13.6. The predicted molar refractivity (Wildman–Crippen MR) is 178 cm³/mol. The molecule has 0 fully saturated rings. The Morgan fingerprint density at radius 3 is 2.27 bits per heavy atom. The van der Waals surface area contributed by atoms with E-state index < -0.39 is 16.1 Å². The molecule has 0 aliphatic heterocycles. The molecule has 0 saturated heterocycles. The van der Waals surface area contributed by atoms with E-state index in [9.17, 15) is 18.3 Å². The van der Waals surface area contributed by atoms with Gasteiger partial charge in [-0.25, -0.2) is 8.42 Å². The quantitative estimate of drug-likeness (QED) is 0.161. The second kappa shape index (κ2) is 14.7. The summed E-state index contributed by atoms with van der Waals surface area (Å²) in [6.07, 6.45) is 3.00. The highest BCUT2D eigenvalue weighted by Gasteiger charge is 2.22. The van der Waals surface area contributed by atoms with Crippen LogP contribution in [0.3, 0.4) is 0 Å². The summed E-state index contributed by atoms with van der Waals surface area (Å²) >= 11 is 0. The average Bonchev–Trinajstić information content (AvgIpc) is 3.41. The predicted octanol–water partition coefficient (Wildman–Crippen LogP) is 4.72. The summed E-state index contributed by atoms with van der Waals surface area (Å²) < 4.78 is 32.5. The van der Waals surface area contributed by atoms with Gasteiger partial charge in [0.1, 0.15) is 12.4 Å². The number of rotatable bonds is 14. The molecule has 9 heteroatoms. The van der Waals surface area contributed by atoms with Crippen molar-refractivity contribution in [3.05, 3.63) is 130 Å². The Bertz CT molecular complexity index is 1690. The number of aliphatic hydroxyl groups is 1. The number of carbonyl (C=O) groups excluding carboxylic acids is 1. The largest absolute Gasteiger partial charge is 0.487 e. The van der Waals surface area contributed by atoms with Gasteiger partial charge < -0.3 is 20.5 Å². The topological polar surface area (TPSA) is 117 Å². The van der Waals surface area contributed by atoms with Crippen molar-refractivity contribution < 1.29 is 23.1 Å². The maximum atomic E-state index is 12.8. The van der Waals surface area contributed by atoms with E-state index in [2.05, 4.69) is 33.6 Å². The summed E-state index contributed by atoms with van der Waals surface area (Å²) in [6.45, 7) is 2.60. The number of hydrogen-bond donors (Lipinski definition) is 4. The number of fused-ring (bicyclic) bond motifs is 1. The molecule has 4 N–H and O–H groups in total. The molecular formula is C36H41N3O5S. The lowest BCUT2D eigenvalue weighted by Crippen LogP contribution is -2.36. The minimum absolute atomic E-state index is 0.0282. The lowest BCUT2D eigenvalue weighted by molar-refractivity contribution is -0.121. The van der Waals surface area contributed by atoms with Crippen LogP contribution in [-0.2, 0) is 47.1 Å². The fourth-order valence-electron chi connectivity index (χ4n) is 5.74. The average molecular weight is 628 g/mol. The van der Waals surface area contributed by atoms with Gasteiger partial charge in [0.15, 0.2) is 0 Å². The van der Waals surface area contributed by atoms with Gasteiger partial charge in [-0.15, -0.1) is 0 Å². The molecular weight excluding hydrogens is 586 g/mol. The zero-order valence-corrected chi connectivity index (χ0v) is 26.5. The summed E-state index contributed by atoms with van der Waals surface area (Å²) in [5, 5.41) is 17.5. The van der Waals surface area contributed by atoms with Crippen molar-refractivity contribution in [1.82, 2.24) is 10.6 Å². The van der Waals surface area contributed by atoms with Crippen molar-refractivity contribution in [2.24, 2.45) is 0 Å². The molecule has 0 radical (unpaired) electrons. The molecule has 0 aromatic heterocycles. The first kappa shape index (κ1) is 32.2. The summed E-state index contributed by atoms with van der Waals surface area (Å²) in [5.41, 5.74) is 6.48. The van der Waals surface area contributed by atoms with E-state index in [0.29, 0.717) is 24.2 Å². The van der Waals surface area contributed by atoms with Crippen LogP contribution in [0.15, 0.2) is 97.1 Å². The lowest BCUT2D eigenvalue weighted by atomic mass is 10.0. The Hall–Kier alpha value is -4.18. The van der Waals surface area contributed by atoms with Crippen molar-refractivity contribution in [1.29, 1.82) is 0 Å². The van der Waals surface area contributed by atoms with Crippen LogP contribution in [-0.4, -0.2) is 44.3 Å². The van der Waals surface area contributed by atoms with E-state index >= 15 is 0 Å². The van der Waals surface area contributed by atoms with Crippen LogP contribution in [0.1, 0.15) is 46.4 Å². The van der Waals surface area contributed by atoms with Crippen LogP contribution in [0.25, 0.3) is 0 Å². The zero-order valence-electron chi connectivity index (χ0n) is 25.7. The number of benzene rings is 4. The molecule has 0 saturated carbocycles. The third-order valence-electron chi connectivity index (χ3n) is 7.89. The van der Waals surface area contributed by atoms with Crippen LogP contribution >= 0.6 is 0 Å². The zero-order chi connectivity index (χ0) is 31.8. The van der Waals surface area contributed by atoms with Crippen molar-refractivity contribution in [2.75, 3.05) is 17.5 Å². The number of ether oxygens (including phenoxy) is 1. The van der Waals surface area contributed by atoms with Crippen LogP contribution in [0, 0.1) is 0 Å². The Kier molecular flexibility index (Phi) is 10.5. The SMILES string of the molecule is C[C@H](Cc1cccc(CC(=O)NC2Cc3ccccc3C2)c1)NC[C@H](O)c1ccc(OCc2ccccc2)c(NS(C)(=O)=O)c1. The monoisotopic (exact) mass is 627 g/mol. The van der Waals surface area contributed by atoms with Gasteiger partial charge in [0, 0.05) is 18.6 Å². The van der Waals surface area contributed by atoms with E-state index in [0.717, 1.165) is 35.8 Å². The van der Waals surface area contributed by atoms with Crippen LogP contribution in [0.2, 0.25) is 0 Å². The van der Waals surface area contributed by atoms with E-state index in [4.69, 9.17) is 4.74 Å². The van der Waals surface area contributed by atoms with Gasteiger partial charge in [0.2, 0.25) is 15.9 Å². The lowest BCUT2D eigenvalue weighted by Gasteiger charge is -2.20. The molecule has 4 aromatic rings. The minimum Gasteiger partial charge on any atom is -0.487 e. The van der Waals surface area contributed by atoms with E-state index in [1.54, 1.807) is 18.2 Å². The van der Waals surface area contributed by atoms with Gasteiger partial charge in [-0.3, -0.25) is 9.52 Å². The molecule has 1 aliphatic rings. The normalized spacial score (nSPS) is 14.4. The molecule has 8 nitrogen and oxygen atoms in total. The number of amides is 1. The minimum atomic E-state index is -3.57. The number of anilines is 1. The summed E-state index contributed by atoms with van der Waals surface area (Å²) in [5.74, 6) is 0.406. The van der Waals surface area contributed by atoms with Crippen molar-refractivity contribution in [3.63, 3.8) is 0 Å². The first-order chi connectivity index (χ1) is 21.6. The molecule has 0 spiro atoms. The molecule has 1 aliphatic carbocycles. The van der Waals surface area contributed by atoms with Crippen molar-refractivity contribution in [2.45, 2.75) is 57.4 Å². The first-order valence-corrected chi connectivity index (χ1v) is 17.1. The van der Waals surface area contributed by atoms with E-state index in [1.807, 2.05) is 67.6 Å². The highest BCUT2D eigenvalue weighted by atomic mass is 32.2. The Morgan fingerprint density at radius 1 is 0.889 bits per heavy atom. The highest BCUT2D eigenvalue weighted by molar-refractivity contribution is 7.92. The fraction of sp³-hybridized carbons (Fsp3) is 0.306. The fourth-order valence-corrected chi connectivity index (χ4v) is 6.30. The number of aliphatic hydroxyl groups excluding tert-OH is 1. The van der Waals surface area contributed by atoms with Gasteiger partial charge in [-0.2, -0.15) is 0 Å². The number of hydrogen-bond acceptors (Lipinski definition) is 6. The number of nitrogens with one attached hydrogen (secondary N) is 3. The molecule has 236 valence electrons. The smallest absolute Gasteiger partial charge is 0.229 e. The van der Waals surface area contributed by atoms with Gasteiger partial charge in [-0.05, 0) is 71.7 Å². The second-order valence-electron chi connectivity index (χ2n) is 11.9. The summed E-state index contributed by atoms with van der Waals surface area (Å²) in [4.78, 5) is 12.8. The number of carbonyl (C=O) groups is 1. The Labute approximate surface area is 265 Å². The standard InChI is InChI=1S/C36H41N3O5S/c1-25(17-27-11-8-12-28(18-27)19-36(41)38-32-20-29-13-6-7-14-30(29)21-32)37-23-34(40)31-15-16-35(33(22-31)39-45(2,42)43)44-24-26-9-4-3-5-10-26/h3-16,18,22,25,32,34,37,39-40H,17,19-21,23-24H2,1-2H3,(H,38,41)/t25-,34+/m1/s1. The van der Waals surface area contributed by atoms with E-state index in [-0.39, 0.29) is 36.8 Å². The van der Waals surface area contributed by atoms with Crippen molar-refractivity contribution in [3.8, 4) is 5.75 Å². The Balaban J connectivity index is 1.13. The maximum absolute atomic E-state index is 12.8. The third kappa shape index (κ3) is 9.65. The Morgan fingerprint density at radius 2 is 1.56 bits per heavy atom. The molecule has 1 amide bonds. The van der Waals surface area contributed by atoms with Crippen molar-refractivity contribution >= 4 is 21.6 Å². The van der Waals surface area contributed by atoms with Crippen LogP contribution in [0.4, 0.5) is 5.69 Å². The van der Waals surface area contributed by atoms with E-state index in [1.165, 1.54) is 11.1 Å². The van der Waals surface area contributed by atoms with Crippen LogP contribution in [0.5, 0.6) is 5.75 Å². The molecule has 0 unspecified atom stereocenters. The molecule has 2 atom stereocenters. The molecule has 0 heterocycles. The van der Waals surface area contributed by atoms with Gasteiger partial charge >= 0.3 is 0 Å². The van der Waals surface area contributed by atoms with Gasteiger partial charge in [-0.1, -0.05) is 84.9 Å². The van der Waals surface area contributed by atoms with Gasteiger partial charge in [0.25, 0.3) is 0 Å². The highest BCUT2D eigenvalue weighted by Crippen LogP contribution is 2.30. The maximum Gasteiger partial charge on any atom is 0.229 e. The molecule has 45 heavy (non-hydrogen) atoms. The first-order valence-electron chi connectivity index (χ1n) is 15.2. The summed E-state index contributed by atoms with van der Waals surface area (Å²) in [7, 11) is -3.57. The molecule has 4 aromatic carbocycles. The van der Waals surface area contributed by atoms with Crippen LogP contribution < -0.4 is 20.1 Å².